The molecule has 0 aromatic rings. The van der Waals surface area contributed by atoms with Gasteiger partial charge in [0, 0.05) is 32.6 Å². The average Bonchev–Trinajstić information content (AvgIpc) is 2.37. The second kappa shape index (κ2) is 5.86. The minimum atomic E-state index is -0.765. The summed E-state index contributed by atoms with van der Waals surface area (Å²) in [6.45, 7) is 4.41. The van der Waals surface area contributed by atoms with Crippen LogP contribution in [0.2, 0.25) is 0 Å². The fourth-order valence-corrected chi connectivity index (χ4v) is 2.54. The topological polar surface area (TPSA) is 62.2 Å². The number of aliphatic hydroxyl groups is 1. The van der Waals surface area contributed by atoms with Crippen LogP contribution in [0.5, 0.6) is 0 Å². The van der Waals surface area contributed by atoms with E-state index in [0.29, 0.717) is 32.7 Å². The molecular weight excluding hydrogens is 236 g/mol. The van der Waals surface area contributed by atoms with Crippen molar-refractivity contribution < 1.29 is 19.4 Å². The van der Waals surface area contributed by atoms with Crippen LogP contribution >= 0.6 is 0 Å². The number of rotatable bonds is 1. The van der Waals surface area contributed by atoms with Gasteiger partial charge in [0.15, 0.2) is 6.29 Å². The molecule has 3 atom stereocenters. The Morgan fingerprint density at radius 3 is 2.61 bits per heavy atom. The van der Waals surface area contributed by atoms with Gasteiger partial charge in [-0.1, -0.05) is 0 Å². The van der Waals surface area contributed by atoms with E-state index < -0.39 is 6.29 Å². The van der Waals surface area contributed by atoms with Crippen molar-refractivity contribution >= 4 is 6.03 Å². The van der Waals surface area contributed by atoms with Crippen LogP contribution < -0.4 is 0 Å². The Morgan fingerprint density at radius 2 is 2.00 bits per heavy atom. The number of aliphatic hydroxyl groups excluding tert-OH is 1. The zero-order valence-electron chi connectivity index (χ0n) is 11.0. The molecule has 2 saturated heterocycles. The third-order valence-corrected chi connectivity index (χ3v) is 3.60. The molecule has 2 aliphatic rings. The van der Waals surface area contributed by atoms with Crippen LogP contribution in [-0.4, -0.2) is 72.7 Å². The number of morpholine rings is 1. The molecule has 104 valence electrons. The first-order valence-electron chi connectivity index (χ1n) is 6.51. The van der Waals surface area contributed by atoms with E-state index in [9.17, 15) is 9.90 Å². The van der Waals surface area contributed by atoms with Crippen molar-refractivity contribution in [1.82, 2.24) is 9.80 Å². The van der Waals surface area contributed by atoms with Gasteiger partial charge in [-0.25, -0.2) is 4.79 Å². The average molecular weight is 258 g/mol. The Balaban J connectivity index is 1.92. The minimum Gasteiger partial charge on any atom is -0.378 e. The zero-order valence-corrected chi connectivity index (χ0v) is 11.0. The SMILES string of the molecule is C[C@@H]1C[C@H](N(C)C(=O)N2CCOCC2)C[C@H](O)O1. The molecule has 2 amide bonds. The lowest BCUT2D eigenvalue weighted by atomic mass is 10.0. The molecule has 2 aliphatic heterocycles. The molecule has 0 aliphatic carbocycles. The number of amides is 2. The molecule has 1 N–H and O–H groups in total. The largest absolute Gasteiger partial charge is 0.378 e. The molecule has 0 aromatic heterocycles. The lowest BCUT2D eigenvalue weighted by Gasteiger charge is -2.39. The van der Waals surface area contributed by atoms with Crippen molar-refractivity contribution in [2.75, 3.05) is 33.4 Å². The summed E-state index contributed by atoms with van der Waals surface area (Å²) in [4.78, 5) is 15.8. The summed E-state index contributed by atoms with van der Waals surface area (Å²) in [5, 5.41) is 9.60. The molecule has 2 rings (SSSR count). The van der Waals surface area contributed by atoms with Crippen molar-refractivity contribution in [2.45, 2.75) is 38.2 Å². The molecule has 6 heteroatoms. The first kappa shape index (κ1) is 13.6. The van der Waals surface area contributed by atoms with Gasteiger partial charge < -0.3 is 24.4 Å². The number of hydrogen-bond donors (Lipinski definition) is 1. The number of carbonyl (C=O) groups is 1. The number of ether oxygens (including phenoxy) is 2. The van der Waals surface area contributed by atoms with E-state index >= 15 is 0 Å². The smallest absolute Gasteiger partial charge is 0.320 e. The highest BCUT2D eigenvalue weighted by molar-refractivity contribution is 5.74. The molecule has 0 bridgehead atoms. The highest BCUT2D eigenvalue weighted by Crippen LogP contribution is 2.22. The van der Waals surface area contributed by atoms with Crippen molar-refractivity contribution in [2.24, 2.45) is 0 Å². The summed E-state index contributed by atoms with van der Waals surface area (Å²) in [5.74, 6) is 0. The summed E-state index contributed by atoms with van der Waals surface area (Å²) >= 11 is 0. The lowest BCUT2D eigenvalue weighted by Crippen LogP contribution is -2.52. The summed E-state index contributed by atoms with van der Waals surface area (Å²) in [6, 6.07) is 0.0590. The minimum absolute atomic E-state index is 0.0151. The van der Waals surface area contributed by atoms with Crippen molar-refractivity contribution in [3.63, 3.8) is 0 Å². The predicted molar refractivity (Wildman–Crippen MR) is 65.1 cm³/mol. The van der Waals surface area contributed by atoms with Gasteiger partial charge in [0.05, 0.1) is 19.3 Å². The second-order valence-corrected chi connectivity index (χ2v) is 5.02. The van der Waals surface area contributed by atoms with Gasteiger partial charge in [-0.15, -0.1) is 0 Å². The van der Waals surface area contributed by atoms with Crippen LogP contribution in [0.15, 0.2) is 0 Å². The molecule has 18 heavy (non-hydrogen) atoms. The fraction of sp³-hybridized carbons (Fsp3) is 0.917. The third kappa shape index (κ3) is 3.13. The fourth-order valence-electron chi connectivity index (χ4n) is 2.54. The Hall–Kier alpha value is -0.850. The van der Waals surface area contributed by atoms with E-state index in [1.54, 1.807) is 16.8 Å². The molecule has 0 saturated carbocycles. The monoisotopic (exact) mass is 258 g/mol. The Bertz CT molecular complexity index is 284. The van der Waals surface area contributed by atoms with Gasteiger partial charge >= 0.3 is 6.03 Å². The normalized spacial score (nSPS) is 33.3. The first-order valence-corrected chi connectivity index (χ1v) is 6.51. The molecule has 0 unspecified atom stereocenters. The molecule has 6 nitrogen and oxygen atoms in total. The Morgan fingerprint density at radius 1 is 1.33 bits per heavy atom. The van der Waals surface area contributed by atoms with Crippen LogP contribution in [0.3, 0.4) is 0 Å². The van der Waals surface area contributed by atoms with Gasteiger partial charge in [-0.3, -0.25) is 0 Å². The van der Waals surface area contributed by atoms with E-state index in [-0.39, 0.29) is 18.2 Å². The molecule has 0 aromatic carbocycles. The maximum absolute atomic E-state index is 12.3. The van der Waals surface area contributed by atoms with E-state index in [1.807, 2.05) is 6.92 Å². The van der Waals surface area contributed by atoms with Crippen LogP contribution in [0, 0.1) is 0 Å². The third-order valence-electron chi connectivity index (χ3n) is 3.60. The molecule has 2 fully saturated rings. The van der Waals surface area contributed by atoms with Gasteiger partial charge in [0.1, 0.15) is 0 Å². The Kier molecular flexibility index (Phi) is 4.42. The van der Waals surface area contributed by atoms with Crippen molar-refractivity contribution in [3.8, 4) is 0 Å². The summed E-state index contributed by atoms with van der Waals surface area (Å²) in [6.07, 6.45) is 0.470. The standard InChI is InChI=1S/C12H22N2O4/c1-9-7-10(8-11(15)18-9)13(2)12(16)14-3-5-17-6-4-14/h9-11,15H,3-8H2,1-2H3/t9-,10+,11-/m1/s1. The van der Waals surface area contributed by atoms with E-state index in [2.05, 4.69) is 0 Å². The molecular formula is C12H22N2O4. The van der Waals surface area contributed by atoms with Crippen LogP contribution in [0.1, 0.15) is 19.8 Å². The van der Waals surface area contributed by atoms with Gasteiger partial charge in [-0.2, -0.15) is 0 Å². The highest BCUT2D eigenvalue weighted by atomic mass is 16.6. The van der Waals surface area contributed by atoms with Gasteiger partial charge in [-0.05, 0) is 13.3 Å². The first-order chi connectivity index (χ1) is 8.58. The maximum Gasteiger partial charge on any atom is 0.320 e. The number of carbonyl (C=O) groups excluding carboxylic acids is 1. The number of nitrogens with zero attached hydrogens (tertiary/aromatic N) is 2. The quantitative estimate of drug-likeness (QED) is 0.732. The van der Waals surface area contributed by atoms with Crippen molar-refractivity contribution in [3.05, 3.63) is 0 Å². The highest BCUT2D eigenvalue weighted by Gasteiger charge is 2.32. The Labute approximate surface area is 107 Å². The van der Waals surface area contributed by atoms with Gasteiger partial charge in [0.2, 0.25) is 0 Å². The van der Waals surface area contributed by atoms with E-state index in [1.165, 1.54) is 0 Å². The maximum atomic E-state index is 12.3. The van der Waals surface area contributed by atoms with E-state index in [0.717, 1.165) is 6.42 Å². The van der Waals surface area contributed by atoms with Crippen molar-refractivity contribution in [1.29, 1.82) is 0 Å². The number of urea groups is 1. The summed E-state index contributed by atoms with van der Waals surface area (Å²) in [5.41, 5.74) is 0. The predicted octanol–water partition coefficient (Wildman–Crippen LogP) is 0.256. The lowest BCUT2D eigenvalue weighted by molar-refractivity contribution is -0.171. The molecule has 2 heterocycles. The molecule has 0 radical (unpaired) electrons. The number of hydrogen-bond acceptors (Lipinski definition) is 4. The van der Waals surface area contributed by atoms with Crippen LogP contribution in [0.4, 0.5) is 4.79 Å². The van der Waals surface area contributed by atoms with Gasteiger partial charge in [0.25, 0.3) is 0 Å². The zero-order chi connectivity index (χ0) is 13.1. The van der Waals surface area contributed by atoms with Crippen LogP contribution in [-0.2, 0) is 9.47 Å². The second-order valence-electron chi connectivity index (χ2n) is 5.02. The summed E-state index contributed by atoms with van der Waals surface area (Å²) in [7, 11) is 1.80. The summed E-state index contributed by atoms with van der Waals surface area (Å²) < 4.78 is 10.5. The van der Waals surface area contributed by atoms with E-state index in [4.69, 9.17) is 9.47 Å². The van der Waals surface area contributed by atoms with Crippen LogP contribution in [0.25, 0.3) is 0 Å². The molecule has 0 spiro atoms.